The molecule has 20 heavy (non-hydrogen) atoms. The van der Waals surface area contributed by atoms with Crippen LogP contribution in [0.25, 0.3) is 11.2 Å². The van der Waals surface area contributed by atoms with Gasteiger partial charge in [0.05, 0.1) is 0 Å². The second-order valence-electron chi connectivity index (χ2n) is 4.27. The van der Waals surface area contributed by atoms with Gasteiger partial charge < -0.3 is 10.1 Å². The minimum atomic E-state index is -0.479. The van der Waals surface area contributed by atoms with Gasteiger partial charge in [-0.05, 0) is 18.6 Å². The van der Waals surface area contributed by atoms with Crippen LogP contribution < -0.4 is 10.9 Å². The normalized spacial score (nSPS) is 10.7. The van der Waals surface area contributed by atoms with E-state index in [2.05, 4.69) is 15.3 Å². The van der Waals surface area contributed by atoms with Gasteiger partial charge >= 0.3 is 0 Å². The van der Waals surface area contributed by atoms with Crippen molar-refractivity contribution in [2.45, 2.75) is 6.42 Å². The van der Waals surface area contributed by atoms with Crippen LogP contribution in [0, 0.1) is 0 Å². The highest BCUT2D eigenvalue weighted by Crippen LogP contribution is 2.05. The Morgan fingerprint density at radius 3 is 3.05 bits per heavy atom. The van der Waals surface area contributed by atoms with Crippen molar-refractivity contribution < 1.29 is 9.53 Å². The SMILES string of the molecule is COCCCNC(=O)c1nc2cccnc2n(C)c1=O. The highest BCUT2D eigenvalue weighted by atomic mass is 16.5. The first-order valence-electron chi connectivity index (χ1n) is 6.24. The molecule has 106 valence electrons. The molecule has 1 N–H and O–H groups in total. The maximum Gasteiger partial charge on any atom is 0.283 e. The van der Waals surface area contributed by atoms with E-state index in [0.717, 1.165) is 0 Å². The minimum absolute atomic E-state index is 0.120. The standard InChI is InChI=1S/C13H16N4O3/c1-17-11-9(5-3-6-14-11)16-10(13(17)19)12(18)15-7-4-8-20-2/h3,5-6H,4,7-8H2,1-2H3,(H,15,18). The summed E-state index contributed by atoms with van der Waals surface area (Å²) in [5.74, 6) is -0.479. The summed E-state index contributed by atoms with van der Waals surface area (Å²) in [5.41, 5.74) is 0.385. The van der Waals surface area contributed by atoms with Gasteiger partial charge in [-0.1, -0.05) is 0 Å². The van der Waals surface area contributed by atoms with Gasteiger partial charge in [-0.2, -0.15) is 0 Å². The smallest absolute Gasteiger partial charge is 0.283 e. The van der Waals surface area contributed by atoms with E-state index in [9.17, 15) is 9.59 Å². The molecule has 0 unspecified atom stereocenters. The summed E-state index contributed by atoms with van der Waals surface area (Å²) >= 11 is 0. The number of rotatable bonds is 5. The van der Waals surface area contributed by atoms with Gasteiger partial charge in [-0.25, -0.2) is 9.97 Å². The van der Waals surface area contributed by atoms with E-state index in [-0.39, 0.29) is 5.69 Å². The first-order valence-corrected chi connectivity index (χ1v) is 6.24. The van der Waals surface area contributed by atoms with Crippen molar-refractivity contribution in [2.75, 3.05) is 20.3 Å². The van der Waals surface area contributed by atoms with Crippen LogP contribution in [0.1, 0.15) is 16.9 Å². The number of nitrogens with one attached hydrogen (secondary N) is 1. The number of methoxy groups -OCH3 is 1. The van der Waals surface area contributed by atoms with Crippen molar-refractivity contribution in [2.24, 2.45) is 7.05 Å². The molecule has 0 bridgehead atoms. The van der Waals surface area contributed by atoms with Crippen molar-refractivity contribution >= 4 is 17.1 Å². The second kappa shape index (κ2) is 6.25. The second-order valence-corrected chi connectivity index (χ2v) is 4.27. The summed E-state index contributed by atoms with van der Waals surface area (Å²) in [6.07, 6.45) is 2.26. The molecule has 7 nitrogen and oxygen atoms in total. The number of amides is 1. The van der Waals surface area contributed by atoms with E-state index >= 15 is 0 Å². The molecule has 0 aromatic carbocycles. The zero-order valence-electron chi connectivity index (χ0n) is 11.4. The van der Waals surface area contributed by atoms with Gasteiger partial charge in [0.25, 0.3) is 11.5 Å². The Morgan fingerprint density at radius 1 is 1.50 bits per heavy atom. The fourth-order valence-electron chi connectivity index (χ4n) is 1.81. The molecule has 2 aromatic heterocycles. The molecule has 2 rings (SSSR count). The molecule has 0 saturated heterocycles. The molecular weight excluding hydrogens is 260 g/mol. The van der Waals surface area contributed by atoms with Crippen LogP contribution >= 0.6 is 0 Å². The lowest BCUT2D eigenvalue weighted by Crippen LogP contribution is -2.34. The van der Waals surface area contributed by atoms with E-state index in [0.29, 0.717) is 30.7 Å². The van der Waals surface area contributed by atoms with E-state index in [1.54, 1.807) is 32.5 Å². The number of carbonyl (C=O) groups is 1. The van der Waals surface area contributed by atoms with E-state index in [1.807, 2.05) is 0 Å². The zero-order valence-corrected chi connectivity index (χ0v) is 11.4. The lowest BCUT2D eigenvalue weighted by atomic mass is 10.3. The number of fused-ring (bicyclic) bond motifs is 1. The van der Waals surface area contributed by atoms with Crippen molar-refractivity contribution in [1.29, 1.82) is 0 Å². The Kier molecular flexibility index (Phi) is 4.41. The highest BCUT2D eigenvalue weighted by molar-refractivity contribution is 5.93. The highest BCUT2D eigenvalue weighted by Gasteiger charge is 2.15. The van der Waals surface area contributed by atoms with Gasteiger partial charge in [0.1, 0.15) is 5.52 Å². The minimum Gasteiger partial charge on any atom is -0.385 e. The van der Waals surface area contributed by atoms with Crippen LogP contribution in [0.5, 0.6) is 0 Å². The van der Waals surface area contributed by atoms with Crippen LogP contribution in [0.3, 0.4) is 0 Å². The Hall–Kier alpha value is -2.28. The maximum absolute atomic E-state index is 12.1. The first-order chi connectivity index (χ1) is 9.65. The third kappa shape index (κ3) is 2.83. The number of nitrogens with zero attached hydrogens (tertiary/aromatic N) is 3. The van der Waals surface area contributed by atoms with Crippen LogP contribution in [0.2, 0.25) is 0 Å². The molecule has 0 spiro atoms. The van der Waals surface area contributed by atoms with Crippen LogP contribution in [0.15, 0.2) is 23.1 Å². The fraction of sp³-hybridized carbons (Fsp3) is 0.385. The van der Waals surface area contributed by atoms with Gasteiger partial charge in [0.15, 0.2) is 11.3 Å². The summed E-state index contributed by atoms with van der Waals surface area (Å²) in [4.78, 5) is 32.2. The van der Waals surface area contributed by atoms with Gasteiger partial charge in [0, 0.05) is 33.5 Å². The van der Waals surface area contributed by atoms with Gasteiger partial charge in [0.2, 0.25) is 0 Å². The van der Waals surface area contributed by atoms with E-state index in [1.165, 1.54) is 4.57 Å². The molecule has 0 fully saturated rings. The number of pyridine rings is 1. The molecule has 0 aliphatic heterocycles. The van der Waals surface area contributed by atoms with Crippen LogP contribution in [0.4, 0.5) is 0 Å². The summed E-state index contributed by atoms with van der Waals surface area (Å²) in [6.45, 7) is 0.982. The topological polar surface area (TPSA) is 86.1 Å². The van der Waals surface area contributed by atoms with E-state index < -0.39 is 11.5 Å². The third-order valence-corrected chi connectivity index (χ3v) is 2.85. The van der Waals surface area contributed by atoms with Crippen LogP contribution in [-0.4, -0.2) is 40.7 Å². The largest absolute Gasteiger partial charge is 0.385 e. The Morgan fingerprint density at radius 2 is 2.30 bits per heavy atom. The zero-order chi connectivity index (χ0) is 14.5. The molecule has 2 heterocycles. The van der Waals surface area contributed by atoms with Crippen molar-refractivity contribution in [3.05, 3.63) is 34.4 Å². The number of aryl methyl sites for hydroxylation is 1. The lowest BCUT2D eigenvalue weighted by Gasteiger charge is -2.07. The number of aromatic nitrogens is 3. The van der Waals surface area contributed by atoms with Crippen molar-refractivity contribution in [3.63, 3.8) is 0 Å². The molecule has 7 heteroatoms. The molecule has 0 atom stereocenters. The average molecular weight is 276 g/mol. The number of carbonyl (C=O) groups excluding carboxylic acids is 1. The maximum atomic E-state index is 12.1. The molecule has 0 saturated carbocycles. The van der Waals surface area contributed by atoms with Crippen LogP contribution in [-0.2, 0) is 11.8 Å². The monoisotopic (exact) mass is 276 g/mol. The molecule has 2 aromatic rings. The average Bonchev–Trinajstić information content (AvgIpc) is 2.47. The molecular formula is C13H16N4O3. The quantitative estimate of drug-likeness (QED) is 0.782. The third-order valence-electron chi connectivity index (χ3n) is 2.85. The van der Waals surface area contributed by atoms with Gasteiger partial charge in [-0.3, -0.25) is 14.2 Å². The number of hydrogen-bond acceptors (Lipinski definition) is 5. The predicted molar refractivity (Wildman–Crippen MR) is 73.6 cm³/mol. The molecule has 0 radical (unpaired) electrons. The predicted octanol–water partition coefficient (Wildman–Crippen LogP) is 0.0948. The van der Waals surface area contributed by atoms with E-state index in [4.69, 9.17) is 4.74 Å². The summed E-state index contributed by atoms with van der Waals surface area (Å²) in [5, 5.41) is 2.65. The number of hydrogen-bond donors (Lipinski definition) is 1. The van der Waals surface area contributed by atoms with Crippen molar-refractivity contribution in [1.82, 2.24) is 19.9 Å². The van der Waals surface area contributed by atoms with Crippen molar-refractivity contribution in [3.8, 4) is 0 Å². The Labute approximate surface area is 115 Å². The van der Waals surface area contributed by atoms with Gasteiger partial charge in [-0.15, -0.1) is 0 Å². The fourth-order valence-corrected chi connectivity index (χ4v) is 1.81. The summed E-state index contributed by atoms with van der Waals surface area (Å²) < 4.78 is 6.21. The summed E-state index contributed by atoms with van der Waals surface area (Å²) in [6, 6.07) is 3.42. The molecule has 0 aliphatic rings. The number of ether oxygens (including phenoxy) is 1. The first kappa shape index (κ1) is 14.1. The Balaban J connectivity index is 2.28. The molecule has 1 amide bonds. The Bertz CT molecular complexity index is 681. The summed E-state index contributed by atoms with van der Waals surface area (Å²) in [7, 11) is 3.16. The lowest BCUT2D eigenvalue weighted by molar-refractivity contribution is 0.0942. The molecule has 0 aliphatic carbocycles.